The Labute approximate surface area is 113 Å². The molecule has 0 spiro atoms. The molecule has 4 heteroatoms. The second-order valence-corrected chi connectivity index (χ2v) is 5.70. The van der Waals surface area contributed by atoms with E-state index in [-0.39, 0.29) is 11.9 Å². The highest BCUT2D eigenvalue weighted by molar-refractivity contribution is 6.31. The fourth-order valence-electron chi connectivity index (χ4n) is 2.56. The number of carbonyl (C=O) groups excluding carboxylic acids is 1. The van der Waals surface area contributed by atoms with Crippen molar-refractivity contribution >= 4 is 23.2 Å². The van der Waals surface area contributed by atoms with Gasteiger partial charge in [-0.15, -0.1) is 0 Å². The standard InChI is InChI=1S/C14H19ClN2O/c1-8-3-4-13(9(8)2)17-14(18)10-5-11(15)7-12(16)6-10/h5-9,13H,3-4,16H2,1-2H3,(H,17,18). The number of amides is 1. The van der Waals surface area contributed by atoms with Gasteiger partial charge in [0.05, 0.1) is 0 Å². The first-order valence-electron chi connectivity index (χ1n) is 6.34. The van der Waals surface area contributed by atoms with Crippen molar-refractivity contribution in [2.24, 2.45) is 11.8 Å². The molecule has 1 aliphatic carbocycles. The van der Waals surface area contributed by atoms with Crippen LogP contribution in [0.4, 0.5) is 5.69 Å². The second-order valence-electron chi connectivity index (χ2n) is 5.27. The van der Waals surface area contributed by atoms with E-state index in [4.69, 9.17) is 17.3 Å². The van der Waals surface area contributed by atoms with Crippen LogP contribution in [0, 0.1) is 11.8 Å². The lowest BCUT2D eigenvalue weighted by atomic mass is 9.97. The topological polar surface area (TPSA) is 55.1 Å². The number of halogens is 1. The highest BCUT2D eigenvalue weighted by Gasteiger charge is 2.30. The van der Waals surface area contributed by atoms with Crippen molar-refractivity contribution in [2.75, 3.05) is 5.73 Å². The molecule has 2 rings (SSSR count). The third kappa shape index (κ3) is 2.78. The highest BCUT2D eigenvalue weighted by atomic mass is 35.5. The van der Waals surface area contributed by atoms with Gasteiger partial charge in [-0.2, -0.15) is 0 Å². The zero-order chi connectivity index (χ0) is 13.3. The Balaban J connectivity index is 2.08. The molecule has 0 heterocycles. The normalized spacial score (nSPS) is 27.2. The molecular weight excluding hydrogens is 248 g/mol. The van der Waals surface area contributed by atoms with Gasteiger partial charge >= 0.3 is 0 Å². The first kappa shape index (κ1) is 13.2. The zero-order valence-electron chi connectivity index (χ0n) is 10.7. The Morgan fingerprint density at radius 2 is 2.06 bits per heavy atom. The minimum atomic E-state index is -0.0878. The summed E-state index contributed by atoms with van der Waals surface area (Å²) >= 11 is 5.90. The molecule has 0 radical (unpaired) electrons. The Morgan fingerprint density at radius 3 is 2.61 bits per heavy atom. The van der Waals surface area contributed by atoms with Crippen LogP contribution < -0.4 is 11.1 Å². The van der Waals surface area contributed by atoms with Gasteiger partial charge < -0.3 is 11.1 Å². The Bertz CT molecular complexity index is 441. The van der Waals surface area contributed by atoms with E-state index < -0.39 is 0 Å². The molecule has 0 bridgehead atoms. The lowest BCUT2D eigenvalue weighted by Gasteiger charge is -2.19. The van der Waals surface area contributed by atoms with Crippen LogP contribution in [0.1, 0.15) is 37.0 Å². The maximum atomic E-state index is 12.1. The predicted molar refractivity (Wildman–Crippen MR) is 74.7 cm³/mol. The van der Waals surface area contributed by atoms with Crippen molar-refractivity contribution < 1.29 is 4.79 Å². The molecule has 1 fully saturated rings. The molecular formula is C14H19ClN2O. The number of nitrogen functional groups attached to an aromatic ring is 1. The maximum Gasteiger partial charge on any atom is 0.251 e. The number of carbonyl (C=O) groups is 1. The largest absolute Gasteiger partial charge is 0.399 e. The highest BCUT2D eigenvalue weighted by Crippen LogP contribution is 2.31. The molecule has 0 aliphatic heterocycles. The molecule has 1 aliphatic rings. The van der Waals surface area contributed by atoms with Crippen LogP contribution >= 0.6 is 11.6 Å². The molecule has 3 unspecified atom stereocenters. The quantitative estimate of drug-likeness (QED) is 0.809. The molecule has 3 atom stereocenters. The Hall–Kier alpha value is -1.22. The molecule has 1 saturated carbocycles. The third-order valence-electron chi connectivity index (χ3n) is 3.96. The molecule has 0 saturated heterocycles. The van der Waals surface area contributed by atoms with E-state index in [1.165, 1.54) is 6.42 Å². The van der Waals surface area contributed by atoms with E-state index in [0.29, 0.717) is 28.1 Å². The van der Waals surface area contributed by atoms with Crippen LogP contribution in [0.15, 0.2) is 18.2 Å². The molecule has 18 heavy (non-hydrogen) atoms. The van der Waals surface area contributed by atoms with Crippen molar-refractivity contribution in [3.8, 4) is 0 Å². The summed E-state index contributed by atoms with van der Waals surface area (Å²) in [6.07, 6.45) is 2.22. The van der Waals surface area contributed by atoms with E-state index in [1.54, 1.807) is 18.2 Å². The molecule has 1 amide bonds. The van der Waals surface area contributed by atoms with Gasteiger partial charge in [0, 0.05) is 22.3 Å². The summed E-state index contributed by atoms with van der Waals surface area (Å²) in [5, 5.41) is 3.57. The van der Waals surface area contributed by atoms with Crippen LogP contribution in [0.25, 0.3) is 0 Å². The van der Waals surface area contributed by atoms with E-state index in [1.807, 2.05) is 0 Å². The average molecular weight is 267 g/mol. The number of anilines is 1. The van der Waals surface area contributed by atoms with Gasteiger partial charge in [-0.25, -0.2) is 0 Å². The summed E-state index contributed by atoms with van der Waals surface area (Å²) in [7, 11) is 0. The fraction of sp³-hybridized carbons (Fsp3) is 0.500. The number of benzene rings is 1. The molecule has 1 aromatic carbocycles. The van der Waals surface area contributed by atoms with Crippen LogP contribution in [0.5, 0.6) is 0 Å². The molecule has 98 valence electrons. The van der Waals surface area contributed by atoms with Crippen molar-refractivity contribution in [3.05, 3.63) is 28.8 Å². The smallest absolute Gasteiger partial charge is 0.251 e. The molecule has 0 aromatic heterocycles. The third-order valence-corrected chi connectivity index (χ3v) is 4.18. The van der Waals surface area contributed by atoms with Gasteiger partial charge in [0.25, 0.3) is 5.91 Å². The Morgan fingerprint density at radius 1 is 1.33 bits per heavy atom. The van der Waals surface area contributed by atoms with Crippen LogP contribution in [-0.2, 0) is 0 Å². The van der Waals surface area contributed by atoms with Gasteiger partial charge in [0.15, 0.2) is 0 Å². The van der Waals surface area contributed by atoms with E-state index >= 15 is 0 Å². The summed E-state index contributed by atoms with van der Waals surface area (Å²) < 4.78 is 0. The lowest BCUT2D eigenvalue weighted by molar-refractivity contribution is 0.0927. The number of nitrogens with one attached hydrogen (secondary N) is 1. The van der Waals surface area contributed by atoms with Gasteiger partial charge in [-0.3, -0.25) is 4.79 Å². The van der Waals surface area contributed by atoms with Crippen molar-refractivity contribution in [1.29, 1.82) is 0 Å². The van der Waals surface area contributed by atoms with Crippen molar-refractivity contribution in [2.45, 2.75) is 32.7 Å². The number of nitrogens with two attached hydrogens (primary N) is 1. The minimum Gasteiger partial charge on any atom is -0.399 e. The summed E-state index contributed by atoms with van der Waals surface area (Å²) in [4.78, 5) is 12.1. The van der Waals surface area contributed by atoms with Gasteiger partial charge in [-0.1, -0.05) is 25.4 Å². The SMILES string of the molecule is CC1CCC(NC(=O)c2cc(N)cc(Cl)c2)C1C. The van der Waals surface area contributed by atoms with E-state index in [2.05, 4.69) is 19.2 Å². The predicted octanol–water partition coefficient (Wildman–Crippen LogP) is 3.09. The van der Waals surface area contributed by atoms with Crippen molar-refractivity contribution in [1.82, 2.24) is 5.32 Å². The molecule has 3 N–H and O–H groups in total. The lowest BCUT2D eigenvalue weighted by Crippen LogP contribution is -2.37. The van der Waals surface area contributed by atoms with Crippen LogP contribution in [-0.4, -0.2) is 11.9 Å². The van der Waals surface area contributed by atoms with Gasteiger partial charge in [0.1, 0.15) is 0 Å². The monoisotopic (exact) mass is 266 g/mol. The first-order valence-corrected chi connectivity index (χ1v) is 6.72. The van der Waals surface area contributed by atoms with Crippen LogP contribution in [0.3, 0.4) is 0 Å². The van der Waals surface area contributed by atoms with Gasteiger partial charge in [0.2, 0.25) is 0 Å². The second kappa shape index (κ2) is 5.19. The fourth-order valence-corrected chi connectivity index (χ4v) is 2.81. The number of hydrogen-bond acceptors (Lipinski definition) is 2. The zero-order valence-corrected chi connectivity index (χ0v) is 11.5. The van der Waals surface area contributed by atoms with E-state index in [9.17, 15) is 4.79 Å². The van der Waals surface area contributed by atoms with Crippen molar-refractivity contribution in [3.63, 3.8) is 0 Å². The van der Waals surface area contributed by atoms with E-state index in [0.717, 1.165) is 6.42 Å². The number of hydrogen-bond donors (Lipinski definition) is 2. The summed E-state index contributed by atoms with van der Waals surface area (Å²) in [5.41, 5.74) is 6.74. The summed E-state index contributed by atoms with van der Waals surface area (Å²) in [6, 6.07) is 5.20. The summed E-state index contributed by atoms with van der Waals surface area (Å²) in [6.45, 7) is 4.42. The number of rotatable bonds is 2. The van der Waals surface area contributed by atoms with Gasteiger partial charge in [-0.05, 0) is 42.9 Å². The Kier molecular flexibility index (Phi) is 3.81. The minimum absolute atomic E-state index is 0.0878. The summed E-state index contributed by atoms with van der Waals surface area (Å²) in [5.74, 6) is 1.10. The average Bonchev–Trinajstić information content (AvgIpc) is 2.59. The molecule has 1 aromatic rings. The molecule has 3 nitrogen and oxygen atoms in total. The first-order chi connectivity index (χ1) is 8.47. The van der Waals surface area contributed by atoms with Crippen LogP contribution in [0.2, 0.25) is 5.02 Å². The maximum absolute atomic E-state index is 12.1.